The number of ether oxygens (including phenoxy) is 1. The molecule has 0 aromatic carbocycles. The molecule has 2 amide bonds. The molecule has 0 aromatic rings. The molecule has 0 aromatic heterocycles. The first-order chi connectivity index (χ1) is 8.68. The summed E-state index contributed by atoms with van der Waals surface area (Å²) in [6.07, 6.45) is 2.49. The van der Waals surface area contributed by atoms with Crippen LogP contribution in [0.1, 0.15) is 12.8 Å². The summed E-state index contributed by atoms with van der Waals surface area (Å²) in [5.41, 5.74) is 4.90. The molecule has 6 nitrogen and oxygen atoms in total. The fourth-order valence-electron chi connectivity index (χ4n) is 1.74. The molecule has 1 saturated heterocycles. The van der Waals surface area contributed by atoms with E-state index in [2.05, 4.69) is 10.2 Å². The molecular formula is C11H21N3O3S. The second kappa shape index (κ2) is 9.04. The molecule has 1 rings (SSSR count). The number of hydrogen-bond donors (Lipinski definition) is 2. The van der Waals surface area contributed by atoms with Crippen molar-refractivity contribution in [3.63, 3.8) is 0 Å². The van der Waals surface area contributed by atoms with Crippen LogP contribution in [-0.4, -0.2) is 61.2 Å². The summed E-state index contributed by atoms with van der Waals surface area (Å²) in [6.45, 7) is 4.01. The Balaban J connectivity index is 1.88. The Bertz CT molecular complexity index is 270. The maximum absolute atomic E-state index is 11.3. The smallest absolute Gasteiger partial charge is 0.315 e. The quantitative estimate of drug-likeness (QED) is 0.482. The van der Waals surface area contributed by atoms with Gasteiger partial charge in [0.05, 0.1) is 5.75 Å². The van der Waals surface area contributed by atoms with Gasteiger partial charge in [-0.2, -0.15) is 0 Å². The molecule has 0 radical (unpaired) electrons. The first-order valence-corrected chi connectivity index (χ1v) is 7.33. The molecule has 1 heterocycles. The minimum absolute atomic E-state index is 0.196. The lowest BCUT2D eigenvalue weighted by molar-refractivity contribution is -0.140. The standard InChI is InChI=1S/C11H21N3O3S/c12-11(16)13-3-8-18-9-10(15)17-7-6-14-4-1-2-5-14/h1-9H2,(H3,12,13,16). The summed E-state index contributed by atoms with van der Waals surface area (Å²) in [5.74, 6) is 0.781. The van der Waals surface area contributed by atoms with Crippen molar-refractivity contribution in [2.24, 2.45) is 5.73 Å². The van der Waals surface area contributed by atoms with Gasteiger partial charge in [-0.25, -0.2) is 4.79 Å². The predicted octanol–water partition coefficient (Wildman–Crippen LogP) is 0.0269. The second-order valence-corrected chi connectivity index (χ2v) is 5.22. The summed E-state index contributed by atoms with van der Waals surface area (Å²) in [5, 5.41) is 2.46. The number of likely N-dealkylation sites (tertiary alicyclic amines) is 1. The van der Waals surface area contributed by atoms with Gasteiger partial charge in [0.25, 0.3) is 0 Å². The summed E-state index contributed by atoms with van der Waals surface area (Å²) >= 11 is 1.43. The van der Waals surface area contributed by atoms with Gasteiger partial charge in [-0.05, 0) is 25.9 Å². The van der Waals surface area contributed by atoms with Crippen LogP contribution < -0.4 is 11.1 Å². The zero-order chi connectivity index (χ0) is 13.2. The third-order valence-corrected chi connectivity index (χ3v) is 3.57. The molecule has 7 heteroatoms. The lowest BCUT2D eigenvalue weighted by Gasteiger charge is -2.14. The lowest BCUT2D eigenvalue weighted by Crippen LogP contribution is -2.31. The summed E-state index contributed by atoms with van der Waals surface area (Å²) in [4.78, 5) is 24.0. The Morgan fingerprint density at radius 3 is 2.72 bits per heavy atom. The van der Waals surface area contributed by atoms with Gasteiger partial charge in [-0.3, -0.25) is 9.69 Å². The fourth-order valence-corrected chi connectivity index (χ4v) is 2.38. The zero-order valence-electron chi connectivity index (χ0n) is 10.5. The summed E-state index contributed by atoms with van der Waals surface area (Å²) in [6, 6.07) is -0.538. The van der Waals surface area contributed by atoms with Crippen LogP contribution in [0.3, 0.4) is 0 Å². The molecule has 0 unspecified atom stereocenters. The van der Waals surface area contributed by atoms with E-state index in [1.807, 2.05) is 0 Å². The number of hydrogen-bond acceptors (Lipinski definition) is 5. The van der Waals surface area contributed by atoms with E-state index < -0.39 is 6.03 Å². The Labute approximate surface area is 112 Å². The van der Waals surface area contributed by atoms with Gasteiger partial charge in [0.2, 0.25) is 0 Å². The highest BCUT2D eigenvalue weighted by Crippen LogP contribution is 2.06. The van der Waals surface area contributed by atoms with Crippen molar-refractivity contribution in [3.05, 3.63) is 0 Å². The molecule has 1 aliphatic rings. The average Bonchev–Trinajstić information content (AvgIpc) is 2.81. The number of rotatable bonds is 8. The summed E-state index contributed by atoms with van der Waals surface area (Å²) in [7, 11) is 0. The fraction of sp³-hybridized carbons (Fsp3) is 0.818. The molecule has 0 bridgehead atoms. The SMILES string of the molecule is NC(=O)NCCSCC(=O)OCCN1CCCC1. The Morgan fingerprint density at radius 2 is 2.06 bits per heavy atom. The maximum atomic E-state index is 11.3. The third kappa shape index (κ3) is 7.39. The first kappa shape index (κ1) is 15.1. The van der Waals surface area contributed by atoms with E-state index in [0.29, 0.717) is 24.7 Å². The van der Waals surface area contributed by atoms with Crippen molar-refractivity contribution < 1.29 is 14.3 Å². The van der Waals surface area contributed by atoms with Gasteiger partial charge in [0.15, 0.2) is 0 Å². The van der Waals surface area contributed by atoms with Crippen molar-refractivity contribution in [1.29, 1.82) is 0 Å². The topological polar surface area (TPSA) is 84.7 Å². The zero-order valence-corrected chi connectivity index (χ0v) is 11.3. The number of urea groups is 1. The van der Waals surface area contributed by atoms with Crippen LogP contribution in [0, 0.1) is 0 Å². The highest BCUT2D eigenvalue weighted by atomic mass is 32.2. The molecule has 104 valence electrons. The van der Waals surface area contributed by atoms with E-state index in [1.165, 1.54) is 24.6 Å². The minimum Gasteiger partial charge on any atom is -0.464 e. The Morgan fingerprint density at radius 1 is 1.33 bits per heavy atom. The van der Waals surface area contributed by atoms with Crippen molar-refractivity contribution in [2.45, 2.75) is 12.8 Å². The number of carbonyl (C=O) groups excluding carboxylic acids is 2. The minimum atomic E-state index is -0.538. The van der Waals surface area contributed by atoms with Crippen LogP contribution in [-0.2, 0) is 9.53 Å². The van der Waals surface area contributed by atoms with Gasteiger partial charge in [-0.15, -0.1) is 11.8 Å². The van der Waals surface area contributed by atoms with Gasteiger partial charge in [0.1, 0.15) is 6.61 Å². The number of thioether (sulfide) groups is 1. The first-order valence-electron chi connectivity index (χ1n) is 6.17. The molecule has 1 aliphatic heterocycles. The molecule has 3 N–H and O–H groups in total. The van der Waals surface area contributed by atoms with Gasteiger partial charge in [-0.1, -0.05) is 0 Å². The molecule has 1 fully saturated rings. The van der Waals surface area contributed by atoms with E-state index >= 15 is 0 Å². The van der Waals surface area contributed by atoms with Gasteiger partial charge in [0, 0.05) is 18.8 Å². The highest BCUT2D eigenvalue weighted by Gasteiger charge is 2.11. The van der Waals surface area contributed by atoms with Crippen molar-refractivity contribution in [3.8, 4) is 0 Å². The third-order valence-electron chi connectivity index (χ3n) is 2.63. The number of primary amides is 1. The van der Waals surface area contributed by atoms with Gasteiger partial charge >= 0.3 is 12.0 Å². The number of carbonyl (C=O) groups is 2. The number of amides is 2. The van der Waals surface area contributed by atoms with E-state index in [1.54, 1.807) is 0 Å². The molecular weight excluding hydrogens is 254 g/mol. The largest absolute Gasteiger partial charge is 0.464 e. The molecule has 18 heavy (non-hydrogen) atoms. The Kier molecular flexibility index (Phi) is 7.59. The van der Waals surface area contributed by atoms with Crippen LogP contribution in [0.2, 0.25) is 0 Å². The lowest BCUT2D eigenvalue weighted by atomic mass is 10.4. The Hall–Kier alpha value is -0.950. The highest BCUT2D eigenvalue weighted by molar-refractivity contribution is 7.99. The van der Waals surface area contributed by atoms with E-state index in [9.17, 15) is 9.59 Å². The number of nitrogens with zero attached hydrogens (tertiary/aromatic N) is 1. The van der Waals surface area contributed by atoms with Gasteiger partial charge < -0.3 is 15.8 Å². The molecule has 0 aliphatic carbocycles. The number of nitrogens with two attached hydrogens (primary N) is 1. The monoisotopic (exact) mass is 275 g/mol. The molecule has 0 saturated carbocycles. The number of nitrogens with one attached hydrogen (secondary N) is 1. The van der Waals surface area contributed by atoms with Crippen LogP contribution in [0.5, 0.6) is 0 Å². The maximum Gasteiger partial charge on any atom is 0.315 e. The average molecular weight is 275 g/mol. The van der Waals surface area contributed by atoms with Crippen LogP contribution >= 0.6 is 11.8 Å². The normalized spacial score (nSPS) is 15.6. The second-order valence-electron chi connectivity index (χ2n) is 4.11. The predicted molar refractivity (Wildman–Crippen MR) is 71.5 cm³/mol. The number of esters is 1. The van der Waals surface area contributed by atoms with Crippen LogP contribution in [0.25, 0.3) is 0 Å². The molecule has 0 spiro atoms. The van der Waals surface area contributed by atoms with Crippen LogP contribution in [0.15, 0.2) is 0 Å². The van der Waals surface area contributed by atoms with E-state index in [-0.39, 0.29) is 5.97 Å². The summed E-state index contributed by atoms with van der Waals surface area (Å²) < 4.78 is 5.12. The van der Waals surface area contributed by atoms with Crippen LogP contribution in [0.4, 0.5) is 4.79 Å². The van der Waals surface area contributed by atoms with Crippen molar-refractivity contribution in [2.75, 3.05) is 44.3 Å². The molecule has 0 atom stereocenters. The van der Waals surface area contributed by atoms with Crippen molar-refractivity contribution >= 4 is 23.8 Å². The van der Waals surface area contributed by atoms with E-state index in [4.69, 9.17) is 10.5 Å². The van der Waals surface area contributed by atoms with Crippen molar-refractivity contribution in [1.82, 2.24) is 10.2 Å². The van der Waals surface area contributed by atoms with E-state index in [0.717, 1.165) is 19.6 Å².